The number of anilines is 2. The minimum Gasteiger partial charge on any atom is -0.383 e. The van der Waals surface area contributed by atoms with Gasteiger partial charge in [-0.2, -0.15) is 0 Å². The molecular formula is C21H28F2N4O3. The highest BCUT2D eigenvalue weighted by atomic mass is 19.1. The van der Waals surface area contributed by atoms with Crippen LogP contribution in [-0.4, -0.2) is 22.0 Å². The molecule has 2 aromatic rings. The summed E-state index contributed by atoms with van der Waals surface area (Å²) < 4.78 is 28.5. The highest BCUT2D eigenvalue weighted by Gasteiger charge is 2.24. The van der Waals surface area contributed by atoms with E-state index in [1.54, 1.807) is 0 Å². The third kappa shape index (κ3) is 5.55. The number of carbonyl (C=O) groups is 1. The Kier molecular flexibility index (Phi) is 7.91. The second kappa shape index (κ2) is 10.2. The topological polar surface area (TPSA) is 101 Å². The smallest absolute Gasteiger partial charge is 0.330 e. The van der Waals surface area contributed by atoms with Gasteiger partial charge in [0, 0.05) is 19.5 Å². The Morgan fingerprint density at radius 3 is 2.60 bits per heavy atom. The van der Waals surface area contributed by atoms with Gasteiger partial charge in [0.15, 0.2) is 5.69 Å². The molecule has 0 bridgehead atoms. The van der Waals surface area contributed by atoms with Crippen molar-refractivity contribution in [1.82, 2.24) is 9.55 Å². The molecule has 1 aromatic heterocycles. The first-order valence-electron chi connectivity index (χ1n) is 10.0. The molecule has 0 atom stereocenters. The summed E-state index contributed by atoms with van der Waals surface area (Å²) in [7, 11) is 0. The molecule has 30 heavy (non-hydrogen) atoms. The summed E-state index contributed by atoms with van der Waals surface area (Å²) in [6.07, 6.45) is 1.18. The molecule has 0 fully saturated rings. The fourth-order valence-corrected chi connectivity index (χ4v) is 3.17. The summed E-state index contributed by atoms with van der Waals surface area (Å²) in [5.74, 6) is -1.66. The van der Waals surface area contributed by atoms with Gasteiger partial charge >= 0.3 is 5.69 Å². The average molecular weight is 422 g/mol. The van der Waals surface area contributed by atoms with E-state index in [9.17, 15) is 23.2 Å². The zero-order chi connectivity index (χ0) is 22.4. The Morgan fingerprint density at radius 2 is 1.97 bits per heavy atom. The monoisotopic (exact) mass is 422 g/mol. The zero-order valence-electron chi connectivity index (χ0n) is 17.5. The highest BCUT2D eigenvalue weighted by Crippen LogP contribution is 2.20. The summed E-state index contributed by atoms with van der Waals surface area (Å²) in [5.41, 5.74) is 4.73. The van der Waals surface area contributed by atoms with Gasteiger partial charge in [-0.05, 0) is 42.5 Å². The summed E-state index contributed by atoms with van der Waals surface area (Å²) in [4.78, 5) is 41.1. The fraction of sp³-hybridized carbons (Fsp3) is 0.476. The number of aryl methyl sites for hydroxylation is 1. The predicted molar refractivity (Wildman–Crippen MR) is 113 cm³/mol. The van der Waals surface area contributed by atoms with Crippen molar-refractivity contribution in [2.45, 2.75) is 53.0 Å². The molecule has 164 valence electrons. The first-order chi connectivity index (χ1) is 14.1. The van der Waals surface area contributed by atoms with Gasteiger partial charge in [0.05, 0.1) is 0 Å². The van der Waals surface area contributed by atoms with Gasteiger partial charge in [-0.3, -0.25) is 19.1 Å². The molecule has 9 heteroatoms. The molecule has 0 aliphatic rings. The Bertz CT molecular complexity index is 1010. The lowest BCUT2D eigenvalue weighted by Crippen LogP contribution is -2.42. The van der Waals surface area contributed by atoms with Gasteiger partial charge in [0.1, 0.15) is 17.5 Å². The van der Waals surface area contributed by atoms with Crippen LogP contribution < -0.4 is 21.9 Å². The van der Waals surface area contributed by atoms with Crippen molar-refractivity contribution in [2.24, 2.45) is 5.92 Å². The van der Waals surface area contributed by atoms with Crippen LogP contribution in [0.2, 0.25) is 0 Å². The minimum absolute atomic E-state index is 0.0332. The van der Waals surface area contributed by atoms with E-state index in [2.05, 4.69) is 4.98 Å². The SMILES string of the molecule is CCCCN(C(=O)CCc1cc(F)ccc1F)c1c(N)n(CC(C)C)c(=O)[nH]c1=O. The maximum Gasteiger partial charge on any atom is 0.330 e. The third-order valence-electron chi connectivity index (χ3n) is 4.68. The van der Waals surface area contributed by atoms with Crippen molar-refractivity contribution in [3.05, 3.63) is 56.2 Å². The minimum atomic E-state index is -0.751. The number of nitrogens with two attached hydrogens (primary N) is 1. The number of hydrogen-bond acceptors (Lipinski definition) is 4. The molecule has 0 spiro atoms. The Hall–Kier alpha value is -2.97. The van der Waals surface area contributed by atoms with E-state index < -0.39 is 28.8 Å². The van der Waals surface area contributed by atoms with Gasteiger partial charge in [-0.25, -0.2) is 13.6 Å². The van der Waals surface area contributed by atoms with Crippen LogP contribution in [-0.2, 0) is 17.8 Å². The second-order valence-corrected chi connectivity index (χ2v) is 7.63. The molecule has 0 radical (unpaired) electrons. The van der Waals surface area contributed by atoms with E-state index in [0.717, 1.165) is 24.6 Å². The van der Waals surface area contributed by atoms with Gasteiger partial charge < -0.3 is 10.6 Å². The molecule has 2 rings (SSSR count). The molecule has 0 saturated carbocycles. The summed E-state index contributed by atoms with van der Waals surface area (Å²) >= 11 is 0. The number of halogens is 2. The second-order valence-electron chi connectivity index (χ2n) is 7.63. The summed E-state index contributed by atoms with van der Waals surface area (Å²) in [6, 6.07) is 3.06. The number of benzene rings is 1. The molecule has 1 amide bonds. The third-order valence-corrected chi connectivity index (χ3v) is 4.68. The van der Waals surface area contributed by atoms with Crippen LogP contribution >= 0.6 is 0 Å². The van der Waals surface area contributed by atoms with Crippen LogP contribution in [0.1, 0.15) is 45.6 Å². The molecule has 1 heterocycles. The van der Waals surface area contributed by atoms with Crippen molar-refractivity contribution in [3.8, 4) is 0 Å². The van der Waals surface area contributed by atoms with Crippen molar-refractivity contribution in [2.75, 3.05) is 17.2 Å². The zero-order valence-corrected chi connectivity index (χ0v) is 17.5. The van der Waals surface area contributed by atoms with Gasteiger partial charge in [-0.15, -0.1) is 0 Å². The van der Waals surface area contributed by atoms with E-state index in [0.29, 0.717) is 6.42 Å². The lowest BCUT2D eigenvalue weighted by molar-refractivity contribution is -0.118. The number of aromatic amines is 1. The quantitative estimate of drug-likeness (QED) is 0.649. The van der Waals surface area contributed by atoms with Crippen molar-refractivity contribution in [1.29, 1.82) is 0 Å². The van der Waals surface area contributed by atoms with E-state index in [1.807, 2.05) is 20.8 Å². The van der Waals surface area contributed by atoms with Gasteiger partial charge in [0.2, 0.25) is 5.91 Å². The maximum atomic E-state index is 13.9. The number of nitrogen functional groups attached to an aromatic ring is 1. The van der Waals surface area contributed by atoms with Crippen LogP contribution in [0.4, 0.5) is 20.3 Å². The Balaban J connectivity index is 2.39. The molecule has 0 unspecified atom stereocenters. The van der Waals surface area contributed by atoms with Crippen molar-refractivity contribution < 1.29 is 13.6 Å². The van der Waals surface area contributed by atoms with E-state index in [1.165, 1.54) is 9.47 Å². The number of amides is 1. The number of carbonyl (C=O) groups excluding carboxylic acids is 1. The molecular weight excluding hydrogens is 394 g/mol. The fourth-order valence-electron chi connectivity index (χ4n) is 3.17. The normalized spacial score (nSPS) is 11.1. The number of nitrogens with zero attached hydrogens (tertiary/aromatic N) is 2. The number of H-pyrrole nitrogens is 1. The first kappa shape index (κ1) is 23.3. The number of hydrogen-bond donors (Lipinski definition) is 2. The number of nitrogens with one attached hydrogen (secondary N) is 1. The molecule has 0 aliphatic carbocycles. The maximum absolute atomic E-state index is 13.9. The largest absolute Gasteiger partial charge is 0.383 e. The van der Waals surface area contributed by atoms with Crippen LogP contribution in [0, 0.1) is 17.6 Å². The van der Waals surface area contributed by atoms with Crippen molar-refractivity contribution in [3.63, 3.8) is 0 Å². The number of aromatic nitrogens is 2. The number of unbranched alkanes of at least 4 members (excludes halogenated alkanes) is 1. The van der Waals surface area contributed by atoms with E-state index in [4.69, 9.17) is 5.73 Å². The van der Waals surface area contributed by atoms with Gasteiger partial charge in [-0.1, -0.05) is 27.2 Å². The standard InChI is InChI=1S/C21H28F2N4O3/c1-4-5-10-26(17(28)9-6-14-11-15(22)7-8-16(14)23)18-19(24)27(12-13(2)3)21(30)25-20(18)29/h7-8,11,13H,4-6,9-10,12,24H2,1-3H3,(H,25,29,30). The Morgan fingerprint density at radius 1 is 1.27 bits per heavy atom. The molecule has 0 saturated heterocycles. The highest BCUT2D eigenvalue weighted by molar-refractivity contribution is 5.95. The average Bonchev–Trinajstić information content (AvgIpc) is 2.67. The Labute approximate surface area is 173 Å². The van der Waals surface area contributed by atoms with Crippen LogP contribution in [0.15, 0.2) is 27.8 Å². The lowest BCUT2D eigenvalue weighted by Gasteiger charge is -2.25. The van der Waals surface area contributed by atoms with E-state index >= 15 is 0 Å². The molecule has 7 nitrogen and oxygen atoms in total. The lowest BCUT2D eigenvalue weighted by atomic mass is 10.1. The van der Waals surface area contributed by atoms with Crippen LogP contribution in [0.5, 0.6) is 0 Å². The molecule has 3 N–H and O–H groups in total. The van der Waals surface area contributed by atoms with Crippen molar-refractivity contribution >= 4 is 17.4 Å². The molecule has 0 aliphatic heterocycles. The summed E-state index contributed by atoms with van der Waals surface area (Å²) in [5, 5.41) is 0. The van der Waals surface area contributed by atoms with Crippen LogP contribution in [0.3, 0.4) is 0 Å². The predicted octanol–water partition coefficient (Wildman–Crippen LogP) is 2.82. The molecule has 1 aromatic carbocycles. The number of rotatable bonds is 9. The summed E-state index contributed by atoms with van der Waals surface area (Å²) in [6.45, 7) is 6.21. The van der Waals surface area contributed by atoms with Crippen LogP contribution in [0.25, 0.3) is 0 Å². The first-order valence-corrected chi connectivity index (χ1v) is 10.0. The van der Waals surface area contributed by atoms with Gasteiger partial charge in [0.25, 0.3) is 5.56 Å². The van der Waals surface area contributed by atoms with E-state index in [-0.39, 0.29) is 48.9 Å².